The number of anilines is 1. The molecule has 0 spiro atoms. The highest BCUT2D eigenvalue weighted by atomic mass is 16.5. The van der Waals surface area contributed by atoms with Gasteiger partial charge in [0.05, 0.1) is 22.9 Å². The summed E-state index contributed by atoms with van der Waals surface area (Å²) in [4.78, 5) is 6.85. The third-order valence-electron chi connectivity index (χ3n) is 8.22. The summed E-state index contributed by atoms with van der Waals surface area (Å²) in [6, 6.07) is 29.6. The van der Waals surface area contributed by atoms with Gasteiger partial charge in [0.2, 0.25) is 0 Å². The molecular weight excluding hydrogens is 542 g/mol. The zero-order valence-corrected chi connectivity index (χ0v) is 26.0. The van der Waals surface area contributed by atoms with E-state index in [0.29, 0.717) is 0 Å². The van der Waals surface area contributed by atoms with Crippen LogP contribution in [0.4, 0.5) is 5.69 Å². The molecule has 44 heavy (non-hydrogen) atoms. The van der Waals surface area contributed by atoms with Crippen molar-refractivity contribution in [3.63, 3.8) is 0 Å². The van der Waals surface area contributed by atoms with Crippen molar-refractivity contribution in [1.29, 1.82) is 0 Å². The van der Waals surface area contributed by atoms with E-state index in [9.17, 15) is 0 Å². The Hall–Kier alpha value is -5.36. The molecule has 0 bridgehead atoms. The number of nitrogens with zero attached hydrogens (tertiary/aromatic N) is 5. The maximum absolute atomic E-state index is 6.53. The first-order valence-corrected chi connectivity index (χ1v) is 14.8. The van der Waals surface area contributed by atoms with Crippen molar-refractivity contribution in [3.8, 4) is 34.1 Å². The summed E-state index contributed by atoms with van der Waals surface area (Å²) in [6.07, 6.45) is 5.91. The lowest BCUT2D eigenvalue weighted by Gasteiger charge is -2.17. The lowest BCUT2D eigenvalue weighted by atomic mass is 9.97. The molecular formula is C38H35N5O. The van der Waals surface area contributed by atoms with Crippen molar-refractivity contribution in [1.82, 2.24) is 19.3 Å². The van der Waals surface area contributed by atoms with E-state index in [2.05, 4.69) is 124 Å². The Labute approximate surface area is 257 Å². The lowest BCUT2D eigenvalue weighted by Crippen LogP contribution is -2.09. The Morgan fingerprint density at radius 3 is 2.25 bits per heavy atom. The first-order valence-electron chi connectivity index (χ1n) is 14.8. The number of benzene rings is 4. The maximum atomic E-state index is 6.53. The molecule has 218 valence electrons. The van der Waals surface area contributed by atoms with Crippen LogP contribution in [0.2, 0.25) is 0 Å². The highest BCUT2D eigenvalue weighted by Crippen LogP contribution is 2.36. The van der Waals surface area contributed by atoms with Gasteiger partial charge in [-0.1, -0.05) is 18.2 Å². The molecule has 4 aromatic carbocycles. The van der Waals surface area contributed by atoms with Crippen LogP contribution in [-0.4, -0.2) is 33.4 Å². The Kier molecular flexibility index (Phi) is 6.70. The number of aromatic nitrogens is 4. The molecule has 0 aliphatic carbocycles. The van der Waals surface area contributed by atoms with Crippen LogP contribution in [0.5, 0.6) is 11.5 Å². The number of hydrogen-bond donors (Lipinski definition) is 0. The molecule has 3 aromatic heterocycles. The highest BCUT2D eigenvalue weighted by molar-refractivity contribution is 6.09. The monoisotopic (exact) mass is 577 g/mol. The van der Waals surface area contributed by atoms with Crippen LogP contribution < -0.4 is 9.64 Å². The van der Waals surface area contributed by atoms with Gasteiger partial charge < -0.3 is 9.64 Å². The molecule has 0 radical (unpaired) electrons. The number of para-hydroxylation sites is 1. The first kappa shape index (κ1) is 27.5. The summed E-state index contributed by atoms with van der Waals surface area (Å²) in [5.41, 5.74) is 11.4. The van der Waals surface area contributed by atoms with Crippen molar-refractivity contribution in [2.75, 3.05) is 19.0 Å². The molecule has 0 N–H and O–H groups in total. The standard InChI is InChI=1S/C38H35N5O/c1-24-13-14-39-37(17-24)43-35-10-8-7-9-33(35)34-12-11-31(21-36(34)43)44-32-16-25(2)15-30(20-32)42-23-28(22-40-42)38-26(3)18-29(41(5)6)19-27(38)4/h7-23H,1-6H3. The van der Waals surface area contributed by atoms with Gasteiger partial charge in [-0.2, -0.15) is 5.10 Å². The maximum Gasteiger partial charge on any atom is 0.137 e. The zero-order valence-electron chi connectivity index (χ0n) is 26.0. The molecule has 0 saturated carbocycles. The van der Waals surface area contributed by atoms with Crippen molar-refractivity contribution in [2.45, 2.75) is 27.7 Å². The predicted molar refractivity (Wildman–Crippen MR) is 181 cm³/mol. The minimum atomic E-state index is 0.760. The van der Waals surface area contributed by atoms with E-state index in [1.54, 1.807) is 0 Å². The van der Waals surface area contributed by atoms with Gasteiger partial charge in [-0.3, -0.25) is 4.57 Å². The molecule has 7 rings (SSSR count). The Bertz CT molecular complexity index is 2160. The highest BCUT2D eigenvalue weighted by Gasteiger charge is 2.15. The minimum absolute atomic E-state index is 0.760. The average molecular weight is 578 g/mol. The quantitative estimate of drug-likeness (QED) is 0.198. The molecule has 6 heteroatoms. The van der Waals surface area contributed by atoms with Crippen LogP contribution in [0.15, 0.2) is 104 Å². The van der Waals surface area contributed by atoms with E-state index in [-0.39, 0.29) is 0 Å². The van der Waals surface area contributed by atoms with E-state index in [0.717, 1.165) is 50.6 Å². The van der Waals surface area contributed by atoms with E-state index < -0.39 is 0 Å². The van der Waals surface area contributed by atoms with Gasteiger partial charge in [0, 0.05) is 60.6 Å². The molecule has 0 aliphatic rings. The summed E-state index contributed by atoms with van der Waals surface area (Å²) in [7, 11) is 4.14. The number of pyridine rings is 1. The van der Waals surface area contributed by atoms with Gasteiger partial charge in [0.15, 0.2) is 0 Å². The summed E-state index contributed by atoms with van der Waals surface area (Å²) in [6.45, 7) is 8.50. The largest absolute Gasteiger partial charge is 0.457 e. The molecule has 0 saturated heterocycles. The van der Waals surface area contributed by atoms with Gasteiger partial charge in [-0.05, 0) is 110 Å². The van der Waals surface area contributed by atoms with Crippen molar-refractivity contribution in [3.05, 3.63) is 126 Å². The predicted octanol–water partition coefficient (Wildman–Crippen LogP) is 9.12. The van der Waals surface area contributed by atoms with Gasteiger partial charge in [0.25, 0.3) is 0 Å². The fourth-order valence-corrected chi connectivity index (χ4v) is 6.21. The normalized spacial score (nSPS) is 11.4. The summed E-state index contributed by atoms with van der Waals surface area (Å²) in [5.74, 6) is 2.41. The summed E-state index contributed by atoms with van der Waals surface area (Å²) >= 11 is 0. The van der Waals surface area contributed by atoms with Gasteiger partial charge in [-0.25, -0.2) is 9.67 Å². The van der Waals surface area contributed by atoms with Crippen LogP contribution >= 0.6 is 0 Å². The Morgan fingerprint density at radius 2 is 1.48 bits per heavy atom. The van der Waals surface area contributed by atoms with Crippen LogP contribution in [0, 0.1) is 27.7 Å². The fourth-order valence-electron chi connectivity index (χ4n) is 6.21. The second-order valence-electron chi connectivity index (χ2n) is 11.9. The molecule has 0 unspecified atom stereocenters. The van der Waals surface area contributed by atoms with Crippen LogP contribution in [0.1, 0.15) is 22.3 Å². The van der Waals surface area contributed by atoms with Gasteiger partial charge >= 0.3 is 0 Å². The smallest absolute Gasteiger partial charge is 0.137 e. The van der Waals surface area contributed by atoms with E-state index in [4.69, 9.17) is 14.8 Å². The number of fused-ring (bicyclic) bond motifs is 3. The van der Waals surface area contributed by atoms with Crippen LogP contribution in [-0.2, 0) is 0 Å². The molecule has 0 amide bonds. The number of aryl methyl sites for hydroxylation is 4. The van der Waals surface area contributed by atoms with Crippen LogP contribution in [0.25, 0.3) is 44.4 Å². The Morgan fingerprint density at radius 1 is 0.705 bits per heavy atom. The summed E-state index contributed by atoms with van der Waals surface area (Å²) in [5, 5.41) is 7.10. The van der Waals surface area contributed by atoms with Crippen LogP contribution in [0.3, 0.4) is 0 Å². The summed E-state index contributed by atoms with van der Waals surface area (Å²) < 4.78 is 10.7. The first-order chi connectivity index (χ1) is 21.2. The molecule has 3 heterocycles. The fraction of sp³-hybridized carbons (Fsp3) is 0.158. The molecule has 7 aromatic rings. The molecule has 0 aliphatic heterocycles. The van der Waals surface area contributed by atoms with Gasteiger partial charge in [-0.15, -0.1) is 0 Å². The zero-order chi connectivity index (χ0) is 30.5. The number of hydrogen-bond acceptors (Lipinski definition) is 4. The average Bonchev–Trinajstić information content (AvgIpc) is 3.59. The van der Waals surface area contributed by atoms with E-state index >= 15 is 0 Å². The third-order valence-corrected chi connectivity index (χ3v) is 8.22. The van der Waals surface area contributed by atoms with Crippen molar-refractivity contribution < 1.29 is 4.74 Å². The second kappa shape index (κ2) is 10.7. The van der Waals surface area contributed by atoms with Gasteiger partial charge in [0.1, 0.15) is 17.3 Å². The topological polar surface area (TPSA) is 48.1 Å². The second-order valence-corrected chi connectivity index (χ2v) is 11.9. The van der Waals surface area contributed by atoms with E-state index in [1.165, 1.54) is 33.3 Å². The number of rotatable bonds is 6. The van der Waals surface area contributed by atoms with Crippen molar-refractivity contribution in [2.24, 2.45) is 0 Å². The SMILES string of the molecule is Cc1cc(Oc2ccc3c4ccccc4n(-c4cc(C)ccn4)c3c2)cc(-n2cc(-c3c(C)cc(N(C)C)cc3C)cn2)c1. The van der Waals surface area contributed by atoms with E-state index in [1.807, 2.05) is 35.3 Å². The van der Waals surface area contributed by atoms with Crippen molar-refractivity contribution >= 4 is 27.5 Å². The molecule has 0 fully saturated rings. The number of ether oxygens (including phenoxy) is 1. The Balaban J connectivity index is 1.25. The molecule has 6 nitrogen and oxygen atoms in total. The molecule has 0 atom stereocenters. The lowest BCUT2D eigenvalue weighted by molar-refractivity contribution is 0.482. The minimum Gasteiger partial charge on any atom is -0.457 e. The third kappa shape index (κ3) is 4.88.